The highest BCUT2D eigenvalue weighted by molar-refractivity contribution is 5.05. The van der Waals surface area contributed by atoms with Crippen LogP contribution in [0.5, 0.6) is 0 Å². The normalized spacial score (nSPS) is 30.8. The number of rotatable bonds is 1. The van der Waals surface area contributed by atoms with Crippen LogP contribution in [0, 0.1) is 5.92 Å². The van der Waals surface area contributed by atoms with Crippen LogP contribution in [0.4, 0.5) is 0 Å². The fraction of sp³-hybridized carbons (Fsp3) is 0.778. The van der Waals surface area contributed by atoms with Crippen molar-refractivity contribution in [2.24, 2.45) is 5.92 Å². The number of nitrogens with one attached hydrogen (secondary N) is 3. The summed E-state index contributed by atoms with van der Waals surface area (Å²) < 4.78 is 0. The Bertz CT molecular complexity index is 182. The first-order valence-corrected chi connectivity index (χ1v) is 4.76. The molecule has 0 bridgehead atoms. The molecule has 0 aromatic carbocycles. The van der Waals surface area contributed by atoms with Gasteiger partial charge in [-0.2, -0.15) is 0 Å². The first-order valence-electron chi connectivity index (χ1n) is 4.76. The van der Waals surface area contributed by atoms with Crippen LogP contribution in [0.15, 0.2) is 11.9 Å². The van der Waals surface area contributed by atoms with Gasteiger partial charge in [0.15, 0.2) is 0 Å². The Morgan fingerprint density at radius 2 is 2.08 bits per heavy atom. The Morgan fingerprint density at radius 1 is 1.33 bits per heavy atom. The number of hydrogen-bond donors (Lipinski definition) is 3. The molecule has 3 heteroatoms. The Morgan fingerprint density at radius 3 is 2.67 bits per heavy atom. The molecule has 3 nitrogen and oxygen atoms in total. The summed E-state index contributed by atoms with van der Waals surface area (Å²) >= 11 is 0. The van der Waals surface area contributed by atoms with Gasteiger partial charge in [-0.1, -0.05) is 0 Å². The van der Waals surface area contributed by atoms with E-state index in [4.69, 9.17) is 0 Å². The maximum Gasteiger partial charge on any atom is 0.0987 e. The van der Waals surface area contributed by atoms with E-state index in [1.807, 2.05) is 0 Å². The SMILES string of the molecule is CC1=CNC(C2CCNCC2)N1. The molecule has 2 aliphatic rings. The Kier molecular flexibility index (Phi) is 2.21. The van der Waals surface area contributed by atoms with Gasteiger partial charge in [0.1, 0.15) is 0 Å². The van der Waals surface area contributed by atoms with Crippen LogP contribution in [0.2, 0.25) is 0 Å². The largest absolute Gasteiger partial charge is 0.370 e. The van der Waals surface area contributed by atoms with Gasteiger partial charge in [-0.3, -0.25) is 0 Å². The van der Waals surface area contributed by atoms with Crippen molar-refractivity contribution in [3.63, 3.8) is 0 Å². The zero-order valence-electron chi connectivity index (χ0n) is 7.56. The average molecular weight is 167 g/mol. The molecule has 1 atom stereocenters. The monoisotopic (exact) mass is 167 g/mol. The second-order valence-electron chi connectivity index (χ2n) is 3.70. The molecule has 0 aromatic rings. The maximum absolute atomic E-state index is 3.45. The van der Waals surface area contributed by atoms with Crippen molar-refractivity contribution in [1.29, 1.82) is 0 Å². The third kappa shape index (κ3) is 1.55. The van der Waals surface area contributed by atoms with Gasteiger partial charge in [-0.15, -0.1) is 0 Å². The minimum Gasteiger partial charge on any atom is -0.370 e. The van der Waals surface area contributed by atoms with Gasteiger partial charge in [-0.05, 0) is 38.8 Å². The van der Waals surface area contributed by atoms with Crippen LogP contribution in [-0.2, 0) is 0 Å². The van der Waals surface area contributed by atoms with E-state index in [1.54, 1.807) is 0 Å². The molecule has 1 unspecified atom stereocenters. The molecule has 0 aromatic heterocycles. The number of hydrogen-bond acceptors (Lipinski definition) is 3. The quantitative estimate of drug-likeness (QED) is 0.528. The minimum absolute atomic E-state index is 0.493. The van der Waals surface area contributed by atoms with Crippen LogP contribution in [0.3, 0.4) is 0 Å². The van der Waals surface area contributed by atoms with E-state index >= 15 is 0 Å². The van der Waals surface area contributed by atoms with Crippen molar-refractivity contribution in [3.8, 4) is 0 Å². The second kappa shape index (κ2) is 3.35. The van der Waals surface area contributed by atoms with Crippen molar-refractivity contribution >= 4 is 0 Å². The van der Waals surface area contributed by atoms with Crippen molar-refractivity contribution in [2.75, 3.05) is 13.1 Å². The summed E-state index contributed by atoms with van der Waals surface area (Å²) in [6, 6.07) is 0. The lowest BCUT2D eigenvalue weighted by atomic mass is 9.95. The summed E-state index contributed by atoms with van der Waals surface area (Å²) in [7, 11) is 0. The summed E-state index contributed by atoms with van der Waals surface area (Å²) in [5.74, 6) is 0.792. The molecule has 68 valence electrons. The van der Waals surface area contributed by atoms with E-state index in [1.165, 1.54) is 31.6 Å². The minimum atomic E-state index is 0.493. The highest BCUT2D eigenvalue weighted by Crippen LogP contribution is 2.17. The molecule has 0 saturated carbocycles. The molecule has 0 aliphatic carbocycles. The van der Waals surface area contributed by atoms with Crippen molar-refractivity contribution < 1.29 is 0 Å². The van der Waals surface area contributed by atoms with Crippen LogP contribution < -0.4 is 16.0 Å². The average Bonchev–Trinajstić information content (AvgIpc) is 2.54. The van der Waals surface area contributed by atoms with E-state index in [0.29, 0.717) is 6.17 Å². The van der Waals surface area contributed by atoms with Gasteiger partial charge in [0, 0.05) is 11.9 Å². The predicted molar refractivity (Wildman–Crippen MR) is 49.4 cm³/mol. The summed E-state index contributed by atoms with van der Waals surface area (Å²) in [4.78, 5) is 0. The molecule has 0 spiro atoms. The summed E-state index contributed by atoms with van der Waals surface area (Å²) in [6.45, 7) is 4.45. The zero-order valence-corrected chi connectivity index (χ0v) is 7.56. The smallest absolute Gasteiger partial charge is 0.0987 e. The lowest BCUT2D eigenvalue weighted by Gasteiger charge is -2.28. The molecule has 0 radical (unpaired) electrons. The molecule has 0 amide bonds. The molecule has 2 rings (SSSR count). The molecular formula is C9H17N3. The van der Waals surface area contributed by atoms with Gasteiger partial charge in [0.05, 0.1) is 6.17 Å². The van der Waals surface area contributed by atoms with Gasteiger partial charge in [0.2, 0.25) is 0 Å². The van der Waals surface area contributed by atoms with Gasteiger partial charge >= 0.3 is 0 Å². The van der Waals surface area contributed by atoms with Crippen LogP contribution >= 0.6 is 0 Å². The van der Waals surface area contributed by atoms with Crippen LogP contribution in [0.1, 0.15) is 19.8 Å². The third-order valence-corrected chi connectivity index (χ3v) is 2.72. The lowest BCUT2D eigenvalue weighted by Crippen LogP contribution is -2.44. The standard InChI is InChI=1S/C9H17N3/c1-7-6-11-9(12-7)8-2-4-10-5-3-8/h6,8-12H,2-5H2,1H3. The predicted octanol–water partition coefficient (Wildman–Crippen LogP) is 0.366. The number of piperidine rings is 1. The topological polar surface area (TPSA) is 36.1 Å². The second-order valence-corrected chi connectivity index (χ2v) is 3.70. The summed E-state index contributed by atoms with van der Waals surface area (Å²) in [5, 5.41) is 10.2. The fourth-order valence-electron chi connectivity index (χ4n) is 1.97. The summed E-state index contributed by atoms with van der Waals surface area (Å²) in [5.41, 5.74) is 1.26. The third-order valence-electron chi connectivity index (χ3n) is 2.72. The van der Waals surface area contributed by atoms with Gasteiger partial charge < -0.3 is 16.0 Å². The first kappa shape index (κ1) is 7.92. The van der Waals surface area contributed by atoms with Gasteiger partial charge in [-0.25, -0.2) is 0 Å². The molecule has 1 fully saturated rings. The Hall–Kier alpha value is -0.700. The summed E-state index contributed by atoms with van der Waals surface area (Å²) in [6.07, 6.45) is 5.14. The Balaban J connectivity index is 1.85. The molecule has 2 heterocycles. The highest BCUT2D eigenvalue weighted by Gasteiger charge is 2.24. The molecule has 1 saturated heterocycles. The van der Waals surface area contributed by atoms with Gasteiger partial charge in [0.25, 0.3) is 0 Å². The molecular weight excluding hydrogens is 150 g/mol. The number of allylic oxidation sites excluding steroid dienone is 1. The van der Waals surface area contributed by atoms with Crippen molar-refractivity contribution in [3.05, 3.63) is 11.9 Å². The lowest BCUT2D eigenvalue weighted by molar-refractivity contribution is 0.285. The maximum atomic E-state index is 3.45. The first-order chi connectivity index (χ1) is 5.86. The molecule has 12 heavy (non-hydrogen) atoms. The van der Waals surface area contributed by atoms with E-state index < -0.39 is 0 Å². The highest BCUT2D eigenvalue weighted by atomic mass is 15.2. The van der Waals surface area contributed by atoms with Crippen LogP contribution in [0.25, 0.3) is 0 Å². The Labute approximate surface area is 73.6 Å². The van der Waals surface area contributed by atoms with Crippen LogP contribution in [-0.4, -0.2) is 19.3 Å². The zero-order chi connectivity index (χ0) is 8.39. The fourth-order valence-corrected chi connectivity index (χ4v) is 1.97. The van der Waals surface area contributed by atoms with E-state index in [9.17, 15) is 0 Å². The van der Waals surface area contributed by atoms with E-state index in [0.717, 1.165) is 5.92 Å². The molecule has 3 N–H and O–H groups in total. The van der Waals surface area contributed by atoms with Crippen molar-refractivity contribution in [2.45, 2.75) is 25.9 Å². The molecule has 2 aliphatic heterocycles. The van der Waals surface area contributed by atoms with E-state index in [2.05, 4.69) is 29.1 Å². The van der Waals surface area contributed by atoms with E-state index in [-0.39, 0.29) is 0 Å². The van der Waals surface area contributed by atoms with Crippen molar-refractivity contribution in [1.82, 2.24) is 16.0 Å².